The van der Waals surface area contributed by atoms with Crippen LogP contribution in [0.15, 0.2) is 47.3 Å². The molecule has 0 aliphatic carbocycles. The van der Waals surface area contributed by atoms with Crippen LogP contribution in [-0.2, 0) is 6.54 Å². The second kappa shape index (κ2) is 5.25. The van der Waals surface area contributed by atoms with Gasteiger partial charge in [-0.2, -0.15) is 0 Å². The molecule has 1 aromatic heterocycles. The third-order valence-corrected chi connectivity index (χ3v) is 4.25. The number of nitrogens with zero attached hydrogens (tertiary/aromatic N) is 2. The lowest BCUT2D eigenvalue weighted by molar-refractivity contribution is 0.475. The van der Waals surface area contributed by atoms with Crippen LogP contribution >= 0.6 is 11.6 Å². The molecule has 1 N–H and O–H groups in total. The van der Waals surface area contributed by atoms with Gasteiger partial charge in [-0.1, -0.05) is 23.7 Å². The van der Waals surface area contributed by atoms with Crippen molar-refractivity contribution < 1.29 is 5.11 Å². The van der Waals surface area contributed by atoms with E-state index < -0.39 is 0 Å². The van der Waals surface area contributed by atoms with Crippen molar-refractivity contribution in [1.29, 1.82) is 0 Å². The minimum absolute atomic E-state index is 0.0631. The fourth-order valence-electron chi connectivity index (χ4n) is 2.94. The van der Waals surface area contributed by atoms with Crippen LogP contribution in [0.2, 0.25) is 5.02 Å². The van der Waals surface area contributed by atoms with Crippen molar-refractivity contribution in [3.05, 3.63) is 69.2 Å². The molecular formula is C18H13ClN2O2. The van der Waals surface area contributed by atoms with Gasteiger partial charge in [-0.05, 0) is 54.0 Å². The number of rotatable bonds is 1. The number of aromatic nitrogens is 2. The number of halogens is 1. The minimum Gasteiger partial charge on any atom is -0.508 e. The summed E-state index contributed by atoms with van der Waals surface area (Å²) in [7, 11) is 0. The summed E-state index contributed by atoms with van der Waals surface area (Å²) in [6.07, 6.45) is 2.70. The molecule has 2 aromatic carbocycles. The fourth-order valence-corrected chi connectivity index (χ4v) is 3.11. The molecule has 0 saturated carbocycles. The second-order valence-electron chi connectivity index (χ2n) is 5.57. The first kappa shape index (κ1) is 14.0. The van der Waals surface area contributed by atoms with Crippen molar-refractivity contribution in [2.24, 2.45) is 0 Å². The van der Waals surface area contributed by atoms with Gasteiger partial charge in [0.1, 0.15) is 11.6 Å². The molecule has 0 amide bonds. The van der Waals surface area contributed by atoms with Gasteiger partial charge in [-0.15, -0.1) is 0 Å². The Hall–Kier alpha value is -2.59. The van der Waals surface area contributed by atoms with Crippen LogP contribution in [0.5, 0.6) is 5.75 Å². The topological polar surface area (TPSA) is 55.1 Å². The molecule has 3 aromatic rings. The Balaban J connectivity index is 1.90. The second-order valence-corrected chi connectivity index (χ2v) is 6.00. The van der Waals surface area contributed by atoms with Crippen LogP contribution in [0.3, 0.4) is 0 Å². The zero-order valence-electron chi connectivity index (χ0n) is 12.2. The molecule has 114 valence electrons. The average Bonchev–Trinajstić information content (AvgIpc) is 2.92. The first-order valence-electron chi connectivity index (χ1n) is 7.32. The molecule has 1 aliphatic rings. The molecule has 0 saturated heterocycles. The van der Waals surface area contributed by atoms with Crippen molar-refractivity contribution in [1.82, 2.24) is 9.55 Å². The number of benzene rings is 2. The Labute approximate surface area is 137 Å². The molecular weight excluding hydrogens is 312 g/mol. The molecule has 4 rings (SSSR count). The molecule has 23 heavy (non-hydrogen) atoms. The van der Waals surface area contributed by atoms with Crippen LogP contribution in [0.4, 0.5) is 0 Å². The van der Waals surface area contributed by atoms with E-state index in [1.165, 1.54) is 0 Å². The first-order chi connectivity index (χ1) is 11.1. The first-order valence-corrected chi connectivity index (χ1v) is 7.70. The lowest BCUT2D eigenvalue weighted by atomic mass is 10.1. The number of phenolic OH excluding ortho intramolecular Hbond substituents is 1. The highest BCUT2D eigenvalue weighted by molar-refractivity contribution is 6.31. The molecule has 0 atom stereocenters. The zero-order chi connectivity index (χ0) is 16.0. The number of fused-ring (bicyclic) bond motifs is 2. The number of hydrogen-bond acceptors (Lipinski definition) is 3. The predicted molar refractivity (Wildman–Crippen MR) is 91.6 cm³/mol. The van der Waals surface area contributed by atoms with Crippen molar-refractivity contribution >= 4 is 34.2 Å². The highest BCUT2D eigenvalue weighted by Crippen LogP contribution is 2.28. The van der Waals surface area contributed by atoms with Gasteiger partial charge in [0.15, 0.2) is 0 Å². The number of phenols is 1. The van der Waals surface area contributed by atoms with Crippen LogP contribution in [0.1, 0.15) is 17.8 Å². The van der Waals surface area contributed by atoms with E-state index in [4.69, 9.17) is 11.6 Å². The molecule has 5 heteroatoms. The molecule has 0 bridgehead atoms. The molecule has 0 radical (unpaired) electrons. The lowest BCUT2D eigenvalue weighted by Gasteiger charge is -2.06. The van der Waals surface area contributed by atoms with Gasteiger partial charge in [-0.25, -0.2) is 4.98 Å². The maximum absolute atomic E-state index is 12.6. The predicted octanol–water partition coefficient (Wildman–Crippen LogP) is 3.70. The standard InChI is InChI=1S/C18H13ClN2O2/c19-13-4-5-16-15(10-13)18(23)21-7-6-12(17(21)20-16)8-11-2-1-3-14(22)9-11/h1-5,8-10,22H,6-7H2/b12-8+. The zero-order valence-corrected chi connectivity index (χ0v) is 12.9. The fraction of sp³-hybridized carbons (Fsp3) is 0.111. The maximum atomic E-state index is 12.6. The van der Waals surface area contributed by atoms with E-state index in [1.54, 1.807) is 41.0 Å². The Bertz CT molecular complexity index is 1020. The summed E-state index contributed by atoms with van der Waals surface area (Å²) in [6, 6.07) is 12.2. The maximum Gasteiger partial charge on any atom is 0.261 e. The number of hydrogen-bond donors (Lipinski definition) is 1. The van der Waals surface area contributed by atoms with Gasteiger partial charge in [-0.3, -0.25) is 9.36 Å². The van der Waals surface area contributed by atoms with Crippen molar-refractivity contribution in [2.75, 3.05) is 0 Å². The quantitative estimate of drug-likeness (QED) is 0.742. The Morgan fingerprint density at radius 3 is 2.91 bits per heavy atom. The molecule has 2 heterocycles. The summed E-state index contributed by atoms with van der Waals surface area (Å²) in [5, 5.41) is 10.7. The van der Waals surface area contributed by atoms with Crippen LogP contribution in [0, 0.1) is 0 Å². The smallest absolute Gasteiger partial charge is 0.261 e. The van der Waals surface area contributed by atoms with E-state index >= 15 is 0 Å². The Morgan fingerprint density at radius 2 is 2.09 bits per heavy atom. The Kier molecular flexibility index (Phi) is 3.20. The third-order valence-electron chi connectivity index (χ3n) is 4.02. The van der Waals surface area contributed by atoms with E-state index in [0.717, 1.165) is 17.6 Å². The largest absolute Gasteiger partial charge is 0.508 e. The van der Waals surface area contributed by atoms with Crippen LogP contribution < -0.4 is 5.56 Å². The van der Waals surface area contributed by atoms with E-state index in [2.05, 4.69) is 4.98 Å². The van der Waals surface area contributed by atoms with Gasteiger partial charge in [0, 0.05) is 11.6 Å². The summed E-state index contributed by atoms with van der Waals surface area (Å²) in [5.74, 6) is 0.906. The molecule has 0 unspecified atom stereocenters. The molecule has 4 nitrogen and oxygen atoms in total. The van der Waals surface area contributed by atoms with Crippen molar-refractivity contribution in [3.63, 3.8) is 0 Å². The average molecular weight is 325 g/mol. The molecule has 1 aliphatic heterocycles. The van der Waals surface area contributed by atoms with Crippen molar-refractivity contribution in [3.8, 4) is 5.75 Å². The minimum atomic E-state index is -0.0631. The van der Waals surface area contributed by atoms with E-state index in [1.807, 2.05) is 12.1 Å². The molecule has 0 fully saturated rings. The normalized spacial score (nSPS) is 15.3. The number of allylic oxidation sites excluding steroid dienone is 1. The summed E-state index contributed by atoms with van der Waals surface area (Å²) in [6.45, 7) is 0.605. The molecule has 0 spiro atoms. The van der Waals surface area contributed by atoms with E-state index in [0.29, 0.717) is 28.3 Å². The summed E-state index contributed by atoms with van der Waals surface area (Å²) in [5.41, 5.74) is 2.46. The highest BCUT2D eigenvalue weighted by atomic mass is 35.5. The van der Waals surface area contributed by atoms with E-state index in [9.17, 15) is 9.90 Å². The summed E-state index contributed by atoms with van der Waals surface area (Å²) < 4.78 is 1.69. The van der Waals surface area contributed by atoms with Crippen LogP contribution in [-0.4, -0.2) is 14.7 Å². The van der Waals surface area contributed by atoms with E-state index in [-0.39, 0.29) is 11.3 Å². The number of aromatic hydroxyl groups is 1. The summed E-state index contributed by atoms with van der Waals surface area (Å²) in [4.78, 5) is 17.3. The Morgan fingerprint density at radius 1 is 1.22 bits per heavy atom. The van der Waals surface area contributed by atoms with Gasteiger partial charge in [0.05, 0.1) is 10.9 Å². The SMILES string of the molecule is O=c1c2cc(Cl)ccc2nc2n1CC/C2=C\c1cccc(O)c1. The van der Waals surface area contributed by atoms with Crippen molar-refractivity contribution in [2.45, 2.75) is 13.0 Å². The van der Waals surface area contributed by atoms with Gasteiger partial charge >= 0.3 is 0 Å². The van der Waals surface area contributed by atoms with Gasteiger partial charge in [0.2, 0.25) is 0 Å². The lowest BCUT2D eigenvalue weighted by Crippen LogP contribution is -2.20. The van der Waals surface area contributed by atoms with Gasteiger partial charge in [0.25, 0.3) is 5.56 Å². The third kappa shape index (κ3) is 2.41. The van der Waals surface area contributed by atoms with Crippen LogP contribution in [0.25, 0.3) is 22.6 Å². The van der Waals surface area contributed by atoms with Gasteiger partial charge < -0.3 is 5.11 Å². The summed E-state index contributed by atoms with van der Waals surface area (Å²) >= 11 is 5.98. The monoisotopic (exact) mass is 324 g/mol. The highest BCUT2D eigenvalue weighted by Gasteiger charge is 2.20.